The zero-order chi connectivity index (χ0) is 13.7. The molecule has 0 saturated carbocycles. The van der Waals surface area contributed by atoms with E-state index in [9.17, 15) is 0 Å². The van der Waals surface area contributed by atoms with Crippen LogP contribution in [0.5, 0.6) is 0 Å². The highest BCUT2D eigenvalue weighted by Gasteiger charge is 2.07. The molecule has 0 aliphatic carbocycles. The average Bonchev–Trinajstić information content (AvgIpc) is 2.72. The molecule has 1 N–H and O–H groups in total. The standard InChI is InChI=1S/C16H25N3/c1-17-10-6-7-11-18(2)12-14-13-19(3)16-9-5-4-8-15(14)16/h4-5,8-9,13,17H,6-7,10-12H2,1-3H3. The molecule has 0 bridgehead atoms. The van der Waals surface area contributed by atoms with Crippen molar-refractivity contribution in [3.8, 4) is 0 Å². The van der Waals surface area contributed by atoms with Gasteiger partial charge in [0.1, 0.15) is 0 Å². The molecule has 0 fully saturated rings. The van der Waals surface area contributed by atoms with Gasteiger partial charge in [-0.3, -0.25) is 0 Å². The van der Waals surface area contributed by atoms with Crippen LogP contribution in [0.3, 0.4) is 0 Å². The normalized spacial score (nSPS) is 11.6. The first-order valence-corrected chi connectivity index (χ1v) is 7.08. The smallest absolute Gasteiger partial charge is 0.0481 e. The number of benzene rings is 1. The lowest BCUT2D eigenvalue weighted by Gasteiger charge is -2.16. The van der Waals surface area contributed by atoms with Gasteiger partial charge < -0.3 is 14.8 Å². The zero-order valence-electron chi connectivity index (χ0n) is 12.3. The Kier molecular flexibility index (Phi) is 5.00. The molecule has 0 aliphatic heterocycles. The number of fused-ring (bicyclic) bond motifs is 1. The summed E-state index contributed by atoms with van der Waals surface area (Å²) in [6.07, 6.45) is 4.76. The van der Waals surface area contributed by atoms with Crippen molar-refractivity contribution in [3.05, 3.63) is 36.0 Å². The third-order valence-corrected chi connectivity index (χ3v) is 3.64. The highest BCUT2D eigenvalue weighted by atomic mass is 15.1. The number of aromatic nitrogens is 1. The second-order valence-electron chi connectivity index (χ2n) is 5.33. The summed E-state index contributed by atoms with van der Waals surface area (Å²) in [6, 6.07) is 8.64. The molecule has 1 aromatic carbocycles. The lowest BCUT2D eigenvalue weighted by Crippen LogP contribution is -2.20. The van der Waals surface area contributed by atoms with Gasteiger partial charge in [0.2, 0.25) is 0 Å². The van der Waals surface area contributed by atoms with Gasteiger partial charge in [0.15, 0.2) is 0 Å². The molecule has 1 heterocycles. The predicted molar refractivity (Wildman–Crippen MR) is 82.4 cm³/mol. The van der Waals surface area contributed by atoms with E-state index in [-0.39, 0.29) is 0 Å². The van der Waals surface area contributed by atoms with Gasteiger partial charge in [-0.25, -0.2) is 0 Å². The number of unbranched alkanes of at least 4 members (excludes halogenated alkanes) is 1. The highest BCUT2D eigenvalue weighted by Crippen LogP contribution is 2.21. The van der Waals surface area contributed by atoms with E-state index in [1.54, 1.807) is 0 Å². The SMILES string of the molecule is CNCCCCN(C)Cc1cn(C)c2ccccc12. The lowest BCUT2D eigenvalue weighted by atomic mass is 10.1. The van der Waals surface area contributed by atoms with Gasteiger partial charge in [0.05, 0.1) is 0 Å². The Hall–Kier alpha value is -1.32. The minimum Gasteiger partial charge on any atom is -0.350 e. The fourth-order valence-electron chi connectivity index (χ4n) is 2.60. The van der Waals surface area contributed by atoms with E-state index in [0.717, 1.165) is 19.6 Å². The molecular weight excluding hydrogens is 234 g/mol. The lowest BCUT2D eigenvalue weighted by molar-refractivity contribution is 0.319. The van der Waals surface area contributed by atoms with Gasteiger partial charge in [-0.05, 0) is 51.7 Å². The van der Waals surface area contributed by atoms with E-state index in [0.29, 0.717) is 0 Å². The minimum absolute atomic E-state index is 1.03. The molecule has 104 valence electrons. The van der Waals surface area contributed by atoms with Crippen LogP contribution in [0.1, 0.15) is 18.4 Å². The molecule has 0 aliphatic rings. The van der Waals surface area contributed by atoms with Crippen LogP contribution in [0.2, 0.25) is 0 Å². The van der Waals surface area contributed by atoms with Crippen molar-refractivity contribution in [1.82, 2.24) is 14.8 Å². The van der Waals surface area contributed by atoms with E-state index in [2.05, 4.69) is 59.3 Å². The molecular formula is C16H25N3. The van der Waals surface area contributed by atoms with Gasteiger partial charge in [-0.2, -0.15) is 0 Å². The molecule has 3 heteroatoms. The summed E-state index contributed by atoms with van der Waals surface area (Å²) >= 11 is 0. The van der Waals surface area contributed by atoms with Crippen LogP contribution < -0.4 is 5.32 Å². The van der Waals surface area contributed by atoms with Crippen LogP contribution in [0.25, 0.3) is 10.9 Å². The zero-order valence-corrected chi connectivity index (χ0v) is 12.3. The predicted octanol–water partition coefficient (Wildman–Crippen LogP) is 2.61. The Morgan fingerprint density at radius 3 is 2.79 bits per heavy atom. The number of aryl methyl sites for hydroxylation is 1. The molecule has 2 rings (SSSR count). The molecule has 2 aromatic rings. The third kappa shape index (κ3) is 3.58. The number of nitrogens with one attached hydrogen (secondary N) is 1. The number of para-hydroxylation sites is 1. The van der Waals surface area contributed by atoms with E-state index < -0.39 is 0 Å². The summed E-state index contributed by atoms with van der Waals surface area (Å²) in [4.78, 5) is 2.41. The topological polar surface area (TPSA) is 20.2 Å². The Morgan fingerprint density at radius 1 is 1.21 bits per heavy atom. The van der Waals surface area contributed by atoms with Crippen LogP contribution in [0.4, 0.5) is 0 Å². The maximum absolute atomic E-state index is 3.20. The summed E-state index contributed by atoms with van der Waals surface area (Å²) in [6.45, 7) is 3.30. The van der Waals surface area contributed by atoms with Gasteiger partial charge in [0.25, 0.3) is 0 Å². The Morgan fingerprint density at radius 2 is 2.00 bits per heavy atom. The number of rotatable bonds is 7. The molecule has 0 unspecified atom stereocenters. The largest absolute Gasteiger partial charge is 0.350 e. The average molecular weight is 259 g/mol. The number of hydrogen-bond acceptors (Lipinski definition) is 2. The highest BCUT2D eigenvalue weighted by molar-refractivity contribution is 5.83. The van der Waals surface area contributed by atoms with E-state index >= 15 is 0 Å². The number of hydrogen-bond donors (Lipinski definition) is 1. The van der Waals surface area contributed by atoms with Crippen LogP contribution >= 0.6 is 0 Å². The van der Waals surface area contributed by atoms with Crippen LogP contribution in [-0.4, -0.2) is 36.7 Å². The van der Waals surface area contributed by atoms with Crippen molar-refractivity contribution < 1.29 is 0 Å². The fraction of sp³-hybridized carbons (Fsp3) is 0.500. The van der Waals surface area contributed by atoms with Gasteiger partial charge in [-0.1, -0.05) is 18.2 Å². The van der Waals surface area contributed by atoms with Gasteiger partial charge in [-0.15, -0.1) is 0 Å². The van der Waals surface area contributed by atoms with Crippen molar-refractivity contribution in [1.29, 1.82) is 0 Å². The Balaban J connectivity index is 1.97. The Bertz CT molecular complexity index is 516. The first-order chi connectivity index (χ1) is 9.22. The fourth-order valence-corrected chi connectivity index (χ4v) is 2.60. The summed E-state index contributed by atoms with van der Waals surface area (Å²) in [5.74, 6) is 0. The second-order valence-corrected chi connectivity index (χ2v) is 5.33. The molecule has 1 aromatic heterocycles. The molecule has 0 amide bonds. The molecule has 3 nitrogen and oxygen atoms in total. The molecule has 0 spiro atoms. The Labute approximate surface area is 116 Å². The van der Waals surface area contributed by atoms with Crippen LogP contribution in [0, 0.1) is 0 Å². The summed E-state index contributed by atoms with van der Waals surface area (Å²) in [5.41, 5.74) is 2.75. The molecule has 0 atom stereocenters. The first-order valence-electron chi connectivity index (χ1n) is 7.08. The minimum atomic E-state index is 1.03. The summed E-state index contributed by atoms with van der Waals surface area (Å²) in [5, 5.41) is 4.58. The van der Waals surface area contributed by atoms with Crippen molar-refractivity contribution in [2.75, 3.05) is 27.2 Å². The maximum Gasteiger partial charge on any atom is 0.0481 e. The molecule has 19 heavy (non-hydrogen) atoms. The van der Waals surface area contributed by atoms with Gasteiger partial charge >= 0.3 is 0 Å². The summed E-state index contributed by atoms with van der Waals surface area (Å²) < 4.78 is 2.22. The monoisotopic (exact) mass is 259 g/mol. The van der Waals surface area contributed by atoms with Crippen LogP contribution in [0.15, 0.2) is 30.5 Å². The van der Waals surface area contributed by atoms with E-state index in [1.807, 2.05) is 7.05 Å². The quantitative estimate of drug-likeness (QED) is 0.771. The molecule has 0 radical (unpaired) electrons. The second kappa shape index (κ2) is 6.73. The maximum atomic E-state index is 3.20. The van der Waals surface area contributed by atoms with Crippen molar-refractivity contribution in [3.63, 3.8) is 0 Å². The summed E-state index contributed by atoms with van der Waals surface area (Å²) in [7, 11) is 6.35. The van der Waals surface area contributed by atoms with E-state index in [1.165, 1.54) is 29.3 Å². The van der Waals surface area contributed by atoms with E-state index in [4.69, 9.17) is 0 Å². The molecule has 0 saturated heterocycles. The van der Waals surface area contributed by atoms with Crippen molar-refractivity contribution in [2.45, 2.75) is 19.4 Å². The third-order valence-electron chi connectivity index (χ3n) is 3.64. The van der Waals surface area contributed by atoms with Gasteiger partial charge in [0, 0.05) is 30.7 Å². The first kappa shape index (κ1) is 14.1. The van der Waals surface area contributed by atoms with Crippen molar-refractivity contribution >= 4 is 10.9 Å². The number of nitrogens with zero attached hydrogens (tertiary/aromatic N) is 2. The van der Waals surface area contributed by atoms with Crippen molar-refractivity contribution in [2.24, 2.45) is 7.05 Å². The van der Waals surface area contributed by atoms with Crippen LogP contribution in [-0.2, 0) is 13.6 Å².